The topological polar surface area (TPSA) is 36.0 Å². The van der Waals surface area contributed by atoms with Crippen molar-refractivity contribution >= 4 is 5.91 Å². The first-order valence-electron chi connectivity index (χ1n) is 8.26. The molecule has 0 radical (unpaired) electrons. The van der Waals surface area contributed by atoms with Crippen LogP contribution in [0.3, 0.4) is 0 Å². The molecule has 1 aromatic carbocycles. The third-order valence-corrected chi connectivity index (χ3v) is 4.29. The van der Waals surface area contributed by atoms with Gasteiger partial charge in [-0.3, -0.25) is 14.6 Å². The molecule has 26 heavy (non-hydrogen) atoms. The van der Waals surface area contributed by atoms with E-state index in [0.29, 0.717) is 37.6 Å². The first-order valence-corrected chi connectivity index (χ1v) is 8.26. The SMILES string of the molecule is COc1ccc(CN2CCN(CC(=O)N(C)CC(F)(F)F)CC2)cc1F. The Hall–Kier alpha value is -1.87. The van der Waals surface area contributed by atoms with Gasteiger partial charge in [0.05, 0.1) is 13.7 Å². The Labute approximate surface area is 150 Å². The molecule has 0 aromatic heterocycles. The largest absolute Gasteiger partial charge is 0.494 e. The van der Waals surface area contributed by atoms with Crippen molar-refractivity contribution in [3.63, 3.8) is 0 Å². The molecule has 0 N–H and O–H groups in total. The van der Waals surface area contributed by atoms with Gasteiger partial charge in [0.2, 0.25) is 5.91 Å². The summed E-state index contributed by atoms with van der Waals surface area (Å²) < 4.78 is 55.6. The first kappa shape index (κ1) is 20.4. The number of rotatable bonds is 6. The lowest BCUT2D eigenvalue weighted by Crippen LogP contribution is -2.50. The van der Waals surface area contributed by atoms with Gasteiger partial charge in [-0.15, -0.1) is 0 Å². The van der Waals surface area contributed by atoms with Crippen LogP contribution in [-0.2, 0) is 11.3 Å². The van der Waals surface area contributed by atoms with Gasteiger partial charge in [-0.25, -0.2) is 4.39 Å². The summed E-state index contributed by atoms with van der Waals surface area (Å²) in [5.41, 5.74) is 0.817. The maximum absolute atomic E-state index is 13.7. The lowest BCUT2D eigenvalue weighted by Gasteiger charge is -2.35. The van der Waals surface area contributed by atoms with Crippen LogP contribution in [0.4, 0.5) is 17.6 Å². The van der Waals surface area contributed by atoms with Crippen molar-refractivity contribution in [3.05, 3.63) is 29.6 Å². The molecular formula is C17H23F4N3O2. The van der Waals surface area contributed by atoms with Crippen LogP contribution in [0.2, 0.25) is 0 Å². The van der Waals surface area contributed by atoms with Gasteiger partial charge in [-0.2, -0.15) is 13.2 Å². The maximum atomic E-state index is 13.7. The number of amides is 1. The molecule has 9 heteroatoms. The minimum Gasteiger partial charge on any atom is -0.494 e. The summed E-state index contributed by atoms with van der Waals surface area (Å²) in [4.78, 5) is 16.5. The molecule has 146 valence electrons. The Morgan fingerprint density at radius 3 is 2.35 bits per heavy atom. The Kier molecular flexibility index (Phi) is 6.82. The van der Waals surface area contributed by atoms with Crippen LogP contribution in [-0.4, -0.2) is 80.2 Å². The van der Waals surface area contributed by atoms with Gasteiger partial charge in [-0.05, 0) is 17.7 Å². The molecule has 1 saturated heterocycles. The third kappa shape index (κ3) is 6.14. The highest BCUT2D eigenvalue weighted by molar-refractivity contribution is 5.78. The van der Waals surface area contributed by atoms with E-state index in [4.69, 9.17) is 4.74 Å². The zero-order valence-electron chi connectivity index (χ0n) is 14.9. The maximum Gasteiger partial charge on any atom is 0.406 e. The van der Waals surface area contributed by atoms with Gasteiger partial charge in [0.15, 0.2) is 11.6 Å². The molecule has 0 bridgehead atoms. The van der Waals surface area contributed by atoms with Gasteiger partial charge in [-0.1, -0.05) is 6.07 Å². The number of alkyl halides is 3. The van der Waals surface area contributed by atoms with Gasteiger partial charge >= 0.3 is 6.18 Å². The van der Waals surface area contributed by atoms with Crippen molar-refractivity contribution in [2.75, 3.05) is 53.4 Å². The average molecular weight is 377 g/mol. The summed E-state index contributed by atoms with van der Waals surface area (Å²) in [6.45, 7) is 1.76. The van der Waals surface area contributed by atoms with Crippen molar-refractivity contribution in [1.82, 2.24) is 14.7 Å². The summed E-state index contributed by atoms with van der Waals surface area (Å²) in [6, 6.07) is 4.81. The molecule has 1 amide bonds. The molecule has 1 fully saturated rings. The van der Waals surface area contributed by atoms with Crippen molar-refractivity contribution in [2.45, 2.75) is 12.7 Å². The quantitative estimate of drug-likeness (QED) is 0.711. The van der Waals surface area contributed by atoms with Crippen LogP contribution in [0, 0.1) is 5.82 Å². The van der Waals surface area contributed by atoms with E-state index in [1.54, 1.807) is 12.1 Å². The smallest absolute Gasteiger partial charge is 0.406 e. The molecule has 0 saturated carbocycles. The van der Waals surface area contributed by atoms with Crippen molar-refractivity contribution in [1.29, 1.82) is 0 Å². The molecule has 1 heterocycles. The fourth-order valence-electron chi connectivity index (χ4n) is 2.84. The van der Waals surface area contributed by atoms with Crippen molar-refractivity contribution in [2.24, 2.45) is 0 Å². The fraction of sp³-hybridized carbons (Fsp3) is 0.588. The van der Waals surface area contributed by atoms with Crippen LogP contribution < -0.4 is 4.74 Å². The molecule has 2 rings (SSSR count). The molecule has 0 atom stereocenters. The number of methoxy groups -OCH3 is 1. The van der Waals surface area contributed by atoms with E-state index in [0.717, 1.165) is 12.6 Å². The fourth-order valence-corrected chi connectivity index (χ4v) is 2.84. The normalized spacial score (nSPS) is 16.5. The molecular weight excluding hydrogens is 354 g/mol. The lowest BCUT2D eigenvalue weighted by molar-refractivity contribution is -0.159. The Balaban J connectivity index is 1.78. The highest BCUT2D eigenvalue weighted by Crippen LogP contribution is 2.19. The van der Waals surface area contributed by atoms with E-state index in [9.17, 15) is 22.4 Å². The van der Waals surface area contributed by atoms with E-state index in [-0.39, 0.29) is 12.3 Å². The summed E-state index contributed by atoms with van der Waals surface area (Å²) in [5.74, 6) is -0.769. The second-order valence-electron chi connectivity index (χ2n) is 6.39. The zero-order chi connectivity index (χ0) is 19.3. The molecule has 5 nitrogen and oxygen atoms in total. The number of halogens is 4. The standard InChI is InChI=1S/C17H23F4N3O2/c1-22(12-17(19,20)21)16(25)11-24-7-5-23(6-8-24)10-13-3-4-15(26-2)14(18)9-13/h3-4,9H,5-8,10-12H2,1-2H3. The van der Waals surface area contributed by atoms with Gasteiger partial charge in [0.25, 0.3) is 0 Å². The van der Waals surface area contributed by atoms with E-state index < -0.39 is 24.4 Å². The van der Waals surface area contributed by atoms with Crippen molar-refractivity contribution in [3.8, 4) is 5.75 Å². The molecule has 1 aliphatic rings. The van der Waals surface area contributed by atoms with Crippen molar-refractivity contribution < 1.29 is 27.1 Å². The van der Waals surface area contributed by atoms with E-state index in [2.05, 4.69) is 4.90 Å². The van der Waals surface area contributed by atoms with Gasteiger partial charge in [0, 0.05) is 39.8 Å². The van der Waals surface area contributed by atoms with Gasteiger partial charge in [0.1, 0.15) is 6.54 Å². The number of hydrogen-bond donors (Lipinski definition) is 0. The molecule has 0 unspecified atom stereocenters. The van der Waals surface area contributed by atoms with E-state index in [1.165, 1.54) is 13.2 Å². The molecule has 0 spiro atoms. The summed E-state index contributed by atoms with van der Waals surface area (Å²) >= 11 is 0. The number of piperazine rings is 1. The van der Waals surface area contributed by atoms with Crippen LogP contribution >= 0.6 is 0 Å². The van der Waals surface area contributed by atoms with Crippen LogP contribution in [0.15, 0.2) is 18.2 Å². The monoisotopic (exact) mass is 377 g/mol. The number of benzene rings is 1. The second kappa shape index (κ2) is 8.68. The summed E-state index contributed by atoms with van der Waals surface area (Å²) in [7, 11) is 2.56. The Morgan fingerprint density at radius 1 is 1.19 bits per heavy atom. The van der Waals surface area contributed by atoms with Crippen LogP contribution in [0.1, 0.15) is 5.56 Å². The van der Waals surface area contributed by atoms with E-state index in [1.807, 2.05) is 4.90 Å². The summed E-state index contributed by atoms with van der Waals surface area (Å²) in [5, 5.41) is 0. The van der Waals surface area contributed by atoms with Gasteiger partial charge < -0.3 is 9.64 Å². The first-order chi connectivity index (χ1) is 12.2. The average Bonchev–Trinajstić information content (AvgIpc) is 2.55. The minimum absolute atomic E-state index is 0.0302. The summed E-state index contributed by atoms with van der Waals surface area (Å²) in [6.07, 6.45) is -4.39. The second-order valence-corrected chi connectivity index (χ2v) is 6.39. The third-order valence-electron chi connectivity index (χ3n) is 4.29. The number of carbonyl (C=O) groups is 1. The van der Waals surface area contributed by atoms with Crippen LogP contribution in [0.5, 0.6) is 5.75 Å². The Morgan fingerprint density at radius 2 is 1.81 bits per heavy atom. The number of ether oxygens (including phenoxy) is 1. The predicted octanol–water partition coefficient (Wildman–Crippen LogP) is 1.97. The number of hydrogen-bond acceptors (Lipinski definition) is 4. The molecule has 1 aliphatic heterocycles. The molecule has 1 aromatic rings. The highest BCUT2D eigenvalue weighted by atomic mass is 19.4. The lowest BCUT2D eigenvalue weighted by atomic mass is 10.2. The Bertz CT molecular complexity index is 617. The molecule has 0 aliphatic carbocycles. The predicted molar refractivity (Wildman–Crippen MR) is 88.4 cm³/mol. The number of likely N-dealkylation sites (N-methyl/N-ethyl adjacent to an activating group) is 1. The number of nitrogens with zero attached hydrogens (tertiary/aromatic N) is 3. The minimum atomic E-state index is -4.39. The number of carbonyl (C=O) groups excluding carboxylic acids is 1. The highest BCUT2D eigenvalue weighted by Gasteiger charge is 2.31. The van der Waals surface area contributed by atoms with Crippen LogP contribution in [0.25, 0.3) is 0 Å². The zero-order valence-corrected chi connectivity index (χ0v) is 14.9. The van der Waals surface area contributed by atoms with E-state index >= 15 is 0 Å².